The summed E-state index contributed by atoms with van der Waals surface area (Å²) in [7, 11) is 4.71. The summed E-state index contributed by atoms with van der Waals surface area (Å²) < 4.78 is 16.6. The number of para-hydroxylation sites is 1. The predicted octanol–water partition coefficient (Wildman–Crippen LogP) is 1.22. The summed E-state index contributed by atoms with van der Waals surface area (Å²) in [6, 6.07) is 11.0. The smallest absolute Gasteiger partial charge is 0.276 e. The van der Waals surface area contributed by atoms with E-state index >= 15 is 0 Å². The van der Waals surface area contributed by atoms with Gasteiger partial charge in [-0.15, -0.1) is 5.10 Å². The highest BCUT2D eigenvalue weighted by atomic mass is 32.2. The number of hydrogen-bond acceptors (Lipinski definition) is 8. The van der Waals surface area contributed by atoms with Crippen LogP contribution in [-0.2, 0) is 4.79 Å². The van der Waals surface area contributed by atoms with Crippen LogP contribution in [0.4, 0.5) is 0 Å². The number of amides is 1. The van der Waals surface area contributed by atoms with E-state index in [9.17, 15) is 4.79 Å². The third-order valence-electron chi connectivity index (χ3n) is 4.72. The van der Waals surface area contributed by atoms with Crippen molar-refractivity contribution in [3.05, 3.63) is 52.5 Å². The van der Waals surface area contributed by atoms with Gasteiger partial charge in [0, 0.05) is 17.4 Å². The van der Waals surface area contributed by atoms with Gasteiger partial charge in [0.2, 0.25) is 0 Å². The summed E-state index contributed by atoms with van der Waals surface area (Å²) in [6.07, 6.45) is 1.20. The standard InChI is InChI=1S/C20H20N4O4S/c1-26-11-9-14(27-2)16(15(10-11)28-3)18-21-13-8-6-5-7-12(13)17-19(25)22-20(29-4)23-24(17)18/h5-10,18H,1-4H3,(H,22,23,25). The van der Waals surface area contributed by atoms with Crippen LogP contribution in [0.2, 0.25) is 0 Å². The number of amidine groups is 1. The summed E-state index contributed by atoms with van der Waals surface area (Å²) in [4.78, 5) is 17.8. The first-order valence-electron chi connectivity index (χ1n) is 8.81. The monoisotopic (exact) mass is 412 g/mol. The zero-order valence-corrected chi connectivity index (χ0v) is 17.2. The molecule has 2 aliphatic heterocycles. The molecule has 0 fully saturated rings. The first-order valence-corrected chi connectivity index (χ1v) is 10.0. The molecule has 29 heavy (non-hydrogen) atoms. The van der Waals surface area contributed by atoms with Crippen LogP contribution < -0.4 is 30.1 Å². The molecule has 8 nitrogen and oxygen atoms in total. The maximum absolute atomic E-state index is 12.9. The van der Waals surface area contributed by atoms with E-state index in [1.807, 2.05) is 30.5 Å². The van der Waals surface area contributed by atoms with E-state index in [-0.39, 0.29) is 5.91 Å². The Hall–Kier alpha value is -3.20. The van der Waals surface area contributed by atoms with Crippen molar-refractivity contribution in [2.24, 2.45) is 10.1 Å². The quantitative estimate of drug-likeness (QED) is 0.813. The van der Waals surface area contributed by atoms with E-state index in [1.54, 1.807) is 38.5 Å². The molecular weight excluding hydrogens is 392 g/mol. The summed E-state index contributed by atoms with van der Waals surface area (Å²) in [5.41, 5.74) is 1.08. The summed E-state index contributed by atoms with van der Waals surface area (Å²) in [5.74, 6) is 1.41. The molecule has 150 valence electrons. The van der Waals surface area contributed by atoms with Crippen molar-refractivity contribution in [1.82, 2.24) is 10.3 Å². The molecule has 0 aromatic heterocycles. The van der Waals surface area contributed by atoms with Crippen LogP contribution in [0.1, 0.15) is 11.7 Å². The third-order valence-corrected chi connectivity index (χ3v) is 5.29. The average Bonchev–Trinajstić information content (AvgIpc) is 2.77. The number of hydrazone groups is 1. The first-order chi connectivity index (χ1) is 14.1. The number of benzene rings is 2. The van der Waals surface area contributed by atoms with Gasteiger partial charge in [-0.3, -0.25) is 15.1 Å². The maximum atomic E-state index is 12.9. The van der Waals surface area contributed by atoms with Gasteiger partial charge < -0.3 is 14.2 Å². The number of ether oxygens (including phenoxy) is 3. The van der Waals surface area contributed by atoms with Crippen molar-refractivity contribution in [3.63, 3.8) is 0 Å². The lowest BCUT2D eigenvalue weighted by atomic mass is 10.1. The van der Waals surface area contributed by atoms with Crippen LogP contribution in [0.25, 0.3) is 5.70 Å². The topological polar surface area (TPSA) is 84.8 Å². The van der Waals surface area contributed by atoms with Crippen LogP contribution in [0.5, 0.6) is 17.2 Å². The number of fused-ring (bicyclic) bond motifs is 2. The zero-order valence-electron chi connectivity index (χ0n) is 16.4. The van der Waals surface area contributed by atoms with Gasteiger partial charge >= 0.3 is 0 Å². The molecular formula is C20H20N4O4S. The van der Waals surface area contributed by atoms with Gasteiger partial charge in [-0.1, -0.05) is 30.0 Å². The molecule has 1 unspecified atom stereocenters. The van der Waals surface area contributed by atoms with E-state index in [2.05, 4.69) is 10.4 Å². The minimum Gasteiger partial charge on any atom is -0.496 e. The van der Waals surface area contributed by atoms with Crippen molar-refractivity contribution in [2.75, 3.05) is 27.6 Å². The minimum absolute atomic E-state index is 0.233. The molecule has 9 heteroatoms. The predicted molar refractivity (Wildman–Crippen MR) is 110 cm³/mol. The number of nitrogens with one attached hydrogen (secondary N) is 1. The summed E-state index contributed by atoms with van der Waals surface area (Å²) in [6.45, 7) is 0. The molecule has 2 aromatic rings. The Bertz CT molecular complexity index is 1110. The van der Waals surface area contributed by atoms with Crippen molar-refractivity contribution < 1.29 is 19.0 Å². The molecule has 0 radical (unpaired) electrons. The van der Waals surface area contributed by atoms with Crippen molar-refractivity contribution in [1.29, 1.82) is 0 Å². The Morgan fingerprint density at radius 2 is 1.76 bits per heavy atom. The van der Waals surface area contributed by atoms with E-state index in [4.69, 9.17) is 19.2 Å². The molecule has 0 spiro atoms. The number of thioether (sulfide) groups is 1. The van der Waals surface area contributed by atoms with Gasteiger partial charge in [0.1, 0.15) is 22.9 Å². The molecule has 1 amide bonds. The largest absolute Gasteiger partial charge is 0.496 e. The van der Waals surface area contributed by atoms with Gasteiger partial charge in [0.15, 0.2) is 11.3 Å². The van der Waals surface area contributed by atoms with E-state index in [0.29, 0.717) is 39.0 Å². The fourth-order valence-electron chi connectivity index (χ4n) is 3.39. The van der Waals surface area contributed by atoms with Gasteiger partial charge in [-0.25, -0.2) is 5.01 Å². The highest BCUT2D eigenvalue weighted by molar-refractivity contribution is 8.13. The molecule has 0 saturated heterocycles. The molecule has 4 rings (SSSR count). The maximum Gasteiger partial charge on any atom is 0.276 e. The molecule has 0 bridgehead atoms. The fourth-order valence-corrected chi connectivity index (χ4v) is 3.76. The molecule has 1 atom stereocenters. The second-order valence-corrected chi connectivity index (χ2v) is 7.02. The average molecular weight is 412 g/mol. The van der Waals surface area contributed by atoms with Gasteiger partial charge in [0.05, 0.1) is 32.3 Å². The Balaban J connectivity index is 2.03. The normalized spacial score (nSPS) is 17.4. The lowest BCUT2D eigenvalue weighted by Gasteiger charge is -2.34. The Morgan fingerprint density at radius 1 is 1.07 bits per heavy atom. The van der Waals surface area contributed by atoms with E-state index < -0.39 is 6.17 Å². The molecule has 2 aliphatic rings. The summed E-state index contributed by atoms with van der Waals surface area (Å²) in [5, 5.41) is 11.0. The number of methoxy groups -OCH3 is 3. The van der Waals surface area contributed by atoms with Crippen LogP contribution in [0.3, 0.4) is 0 Å². The van der Waals surface area contributed by atoms with Crippen molar-refractivity contribution in [2.45, 2.75) is 6.17 Å². The third kappa shape index (κ3) is 3.17. The van der Waals surface area contributed by atoms with Gasteiger partial charge in [-0.05, 0) is 12.3 Å². The molecule has 2 heterocycles. The van der Waals surface area contributed by atoms with Gasteiger partial charge in [0.25, 0.3) is 5.91 Å². The summed E-state index contributed by atoms with van der Waals surface area (Å²) >= 11 is 1.35. The highest BCUT2D eigenvalue weighted by Crippen LogP contribution is 2.43. The molecule has 0 saturated carbocycles. The van der Waals surface area contributed by atoms with E-state index in [0.717, 1.165) is 5.22 Å². The lowest BCUT2D eigenvalue weighted by Crippen LogP contribution is -2.50. The highest BCUT2D eigenvalue weighted by Gasteiger charge is 2.37. The van der Waals surface area contributed by atoms with E-state index in [1.165, 1.54) is 11.8 Å². The molecule has 2 aromatic carbocycles. The number of nitrogens with zero attached hydrogens (tertiary/aromatic N) is 3. The number of carbonyl (C=O) groups excluding carboxylic acids is 1. The van der Waals surface area contributed by atoms with Gasteiger partial charge in [-0.2, -0.15) is 0 Å². The second-order valence-electron chi connectivity index (χ2n) is 6.22. The Kier molecular flexibility index (Phi) is 5.06. The SMILES string of the molecule is COc1cc(OC)c(C2N=c3ccccc3=C3C(=O)NC(SC)=NN32)c(OC)c1. The van der Waals surface area contributed by atoms with Crippen molar-refractivity contribution in [3.8, 4) is 17.2 Å². The van der Waals surface area contributed by atoms with Crippen LogP contribution in [0.15, 0.2) is 46.5 Å². The van der Waals surface area contributed by atoms with Crippen LogP contribution >= 0.6 is 11.8 Å². The Morgan fingerprint density at radius 3 is 2.38 bits per heavy atom. The molecule has 0 aliphatic carbocycles. The number of hydrogen-bond donors (Lipinski definition) is 1. The Labute approximate surface area is 171 Å². The second kappa shape index (κ2) is 7.67. The lowest BCUT2D eigenvalue weighted by molar-refractivity contribution is -0.116. The number of carbonyl (C=O) groups is 1. The van der Waals surface area contributed by atoms with Crippen LogP contribution in [-0.4, -0.2) is 43.7 Å². The fraction of sp³-hybridized carbons (Fsp3) is 0.250. The molecule has 1 N–H and O–H groups in total. The minimum atomic E-state index is -0.649. The zero-order chi connectivity index (χ0) is 20.5. The first kappa shape index (κ1) is 19.1. The van der Waals surface area contributed by atoms with Crippen LogP contribution in [0, 0.1) is 0 Å². The van der Waals surface area contributed by atoms with Crippen molar-refractivity contribution >= 4 is 28.5 Å². The number of rotatable bonds is 4.